The van der Waals surface area contributed by atoms with Crippen molar-refractivity contribution in [1.29, 1.82) is 0 Å². The molecule has 1 aromatic carbocycles. The van der Waals surface area contributed by atoms with Crippen molar-refractivity contribution in [3.63, 3.8) is 0 Å². The Morgan fingerprint density at radius 3 is 2.87 bits per heavy atom. The van der Waals surface area contributed by atoms with Crippen molar-refractivity contribution in [2.24, 2.45) is 5.92 Å². The van der Waals surface area contributed by atoms with Crippen LogP contribution in [0.2, 0.25) is 0 Å². The maximum atomic E-state index is 6.35. The molecule has 6 nitrogen and oxygen atoms in total. The normalized spacial score (nSPS) is 19.6. The smallest absolute Gasteiger partial charge is 0.231 e. The van der Waals surface area contributed by atoms with Gasteiger partial charge >= 0.3 is 0 Å². The van der Waals surface area contributed by atoms with Gasteiger partial charge in [0.1, 0.15) is 22.2 Å². The Morgan fingerprint density at radius 2 is 2.03 bits per heavy atom. The third kappa shape index (κ3) is 4.02. The van der Waals surface area contributed by atoms with E-state index >= 15 is 0 Å². The molecule has 1 atom stereocenters. The van der Waals surface area contributed by atoms with Crippen LogP contribution in [0.3, 0.4) is 0 Å². The van der Waals surface area contributed by atoms with Gasteiger partial charge in [-0.25, -0.2) is 4.98 Å². The van der Waals surface area contributed by atoms with Gasteiger partial charge in [0, 0.05) is 24.0 Å². The number of methoxy groups -OCH3 is 1. The molecule has 7 heteroatoms. The molecular weight excluding hydrogens is 398 g/mol. The van der Waals surface area contributed by atoms with Gasteiger partial charge in [-0.1, -0.05) is 13.0 Å². The Labute approximate surface area is 180 Å². The Bertz CT molecular complexity index is 1050. The second-order valence-electron chi connectivity index (χ2n) is 8.15. The Morgan fingerprint density at radius 1 is 1.20 bits per heavy atom. The minimum Gasteiger partial charge on any atom is -0.497 e. The van der Waals surface area contributed by atoms with E-state index in [0.29, 0.717) is 18.3 Å². The maximum absolute atomic E-state index is 6.35. The number of rotatable bonds is 5. The second kappa shape index (κ2) is 8.49. The molecule has 5 rings (SSSR count). The molecule has 0 amide bonds. The zero-order valence-electron chi connectivity index (χ0n) is 17.5. The standard InChI is InChI=1S/C23H27N3O3S/c1-15-6-7-18-19(12-15)30-23-21(18)22(29-17-5-3-4-16(13-17)27-2)24-20(25-23)14-26-8-10-28-11-9-26/h3-5,13,15H,6-12,14H2,1-2H3/t15-/m0/s1. The number of aryl methyl sites for hydroxylation is 1. The number of benzene rings is 1. The third-order valence-corrected chi connectivity index (χ3v) is 7.04. The molecule has 1 aliphatic heterocycles. The van der Waals surface area contributed by atoms with Gasteiger partial charge in [-0.2, -0.15) is 4.98 Å². The number of fused-ring (bicyclic) bond motifs is 3. The van der Waals surface area contributed by atoms with Crippen LogP contribution < -0.4 is 9.47 Å². The Balaban J connectivity index is 1.55. The maximum Gasteiger partial charge on any atom is 0.231 e. The molecule has 0 N–H and O–H groups in total. The molecule has 158 valence electrons. The van der Waals surface area contributed by atoms with Crippen molar-refractivity contribution in [3.05, 3.63) is 40.5 Å². The molecule has 3 heterocycles. The quantitative estimate of drug-likeness (QED) is 0.602. The largest absolute Gasteiger partial charge is 0.497 e. The molecule has 1 saturated heterocycles. The molecule has 2 aliphatic rings. The summed E-state index contributed by atoms with van der Waals surface area (Å²) in [7, 11) is 1.67. The highest BCUT2D eigenvalue weighted by Crippen LogP contribution is 2.42. The monoisotopic (exact) mass is 425 g/mol. The van der Waals surface area contributed by atoms with E-state index in [1.165, 1.54) is 16.9 Å². The van der Waals surface area contributed by atoms with Gasteiger partial charge in [-0.05, 0) is 42.9 Å². The van der Waals surface area contributed by atoms with Gasteiger partial charge in [0.15, 0.2) is 0 Å². The Kier molecular flexibility index (Phi) is 5.58. The van der Waals surface area contributed by atoms with E-state index in [0.717, 1.165) is 66.7 Å². The summed E-state index contributed by atoms with van der Waals surface area (Å²) < 4.78 is 17.2. The van der Waals surface area contributed by atoms with Gasteiger partial charge in [-0.3, -0.25) is 4.90 Å². The van der Waals surface area contributed by atoms with Gasteiger partial charge < -0.3 is 14.2 Å². The lowest BCUT2D eigenvalue weighted by Crippen LogP contribution is -2.36. The van der Waals surface area contributed by atoms with Gasteiger partial charge in [0.25, 0.3) is 0 Å². The van der Waals surface area contributed by atoms with Crippen LogP contribution in [0.5, 0.6) is 17.4 Å². The van der Waals surface area contributed by atoms with Crippen LogP contribution in [0.4, 0.5) is 0 Å². The predicted octanol–water partition coefficient (Wildman–Crippen LogP) is 4.45. The minimum atomic E-state index is 0.670. The summed E-state index contributed by atoms with van der Waals surface area (Å²) in [5.41, 5.74) is 1.38. The first-order valence-corrected chi connectivity index (χ1v) is 11.4. The number of nitrogens with zero attached hydrogens (tertiary/aromatic N) is 3. The molecule has 0 bridgehead atoms. The molecule has 2 aromatic heterocycles. The summed E-state index contributed by atoms with van der Waals surface area (Å²) in [6, 6.07) is 7.70. The van der Waals surface area contributed by atoms with Crippen LogP contribution in [0.1, 0.15) is 29.6 Å². The summed E-state index contributed by atoms with van der Waals surface area (Å²) >= 11 is 1.81. The minimum absolute atomic E-state index is 0.670. The molecule has 0 unspecified atom stereocenters. The number of hydrogen-bond acceptors (Lipinski definition) is 7. The molecule has 1 fully saturated rings. The highest BCUT2D eigenvalue weighted by molar-refractivity contribution is 7.18. The van der Waals surface area contributed by atoms with E-state index in [-0.39, 0.29) is 0 Å². The average molecular weight is 426 g/mol. The molecule has 30 heavy (non-hydrogen) atoms. The molecule has 3 aromatic rings. The first-order chi connectivity index (χ1) is 14.7. The van der Waals surface area contributed by atoms with E-state index in [1.807, 2.05) is 35.6 Å². The number of thiophene rings is 1. The van der Waals surface area contributed by atoms with Gasteiger partial charge in [0.2, 0.25) is 5.88 Å². The van der Waals surface area contributed by atoms with E-state index < -0.39 is 0 Å². The van der Waals surface area contributed by atoms with Crippen molar-refractivity contribution in [2.75, 3.05) is 33.4 Å². The highest BCUT2D eigenvalue weighted by Gasteiger charge is 2.25. The summed E-state index contributed by atoms with van der Waals surface area (Å²) in [5.74, 6) is 3.70. The van der Waals surface area contributed by atoms with Crippen LogP contribution in [0.15, 0.2) is 24.3 Å². The van der Waals surface area contributed by atoms with Crippen LogP contribution in [-0.2, 0) is 24.1 Å². The third-order valence-electron chi connectivity index (χ3n) is 5.89. The first-order valence-electron chi connectivity index (χ1n) is 10.6. The van der Waals surface area contributed by atoms with E-state index in [4.69, 9.17) is 24.2 Å². The number of aromatic nitrogens is 2. The lowest BCUT2D eigenvalue weighted by Gasteiger charge is -2.25. The van der Waals surface area contributed by atoms with Crippen molar-refractivity contribution < 1.29 is 14.2 Å². The van der Waals surface area contributed by atoms with Crippen molar-refractivity contribution in [3.8, 4) is 17.4 Å². The SMILES string of the molecule is COc1cccc(Oc2nc(CN3CCOCC3)nc3sc4c(c23)CC[C@H](C)C4)c1. The fourth-order valence-electron chi connectivity index (χ4n) is 4.23. The van der Waals surface area contributed by atoms with Gasteiger partial charge in [-0.15, -0.1) is 11.3 Å². The van der Waals surface area contributed by atoms with Crippen LogP contribution in [0.25, 0.3) is 10.2 Å². The van der Waals surface area contributed by atoms with Crippen molar-refractivity contribution >= 4 is 21.6 Å². The number of ether oxygens (including phenoxy) is 3. The first kappa shape index (κ1) is 19.7. The van der Waals surface area contributed by atoms with Crippen molar-refractivity contribution in [1.82, 2.24) is 14.9 Å². The fourth-order valence-corrected chi connectivity index (χ4v) is 5.62. The second-order valence-corrected chi connectivity index (χ2v) is 9.23. The molecular formula is C23H27N3O3S. The lowest BCUT2D eigenvalue weighted by atomic mass is 9.89. The van der Waals surface area contributed by atoms with Gasteiger partial charge in [0.05, 0.1) is 32.3 Å². The number of hydrogen-bond donors (Lipinski definition) is 0. The summed E-state index contributed by atoms with van der Waals surface area (Å²) in [6.07, 6.45) is 3.39. The van der Waals surface area contributed by atoms with Crippen LogP contribution in [-0.4, -0.2) is 48.3 Å². The predicted molar refractivity (Wildman–Crippen MR) is 118 cm³/mol. The number of morpholine rings is 1. The zero-order valence-corrected chi connectivity index (χ0v) is 18.3. The summed E-state index contributed by atoms with van der Waals surface area (Å²) in [6.45, 7) is 6.39. The zero-order chi connectivity index (χ0) is 20.5. The Hall–Kier alpha value is -2.22. The lowest BCUT2D eigenvalue weighted by molar-refractivity contribution is 0.0330. The fraction of sp³-hybridized carbons (Fsp3) is 0.478. The molecule has 1 aliphatic carbocycles. The van der Waals surface area contributed by atoms with Crippen molar-refractivity contribution in [2.45, 2.75) is 32.7 Å². The molecule has 0 spiro atoms. The summed E-state index contributed by atoms with van der Waals surface area (Å²) in [5, 5.41) is 1.09. The van der Waals surface area contributed by atoms with E-state index in [9.17, 15) is 0 Å². The van der Waals surface area contributed by atoms with E-state index in [2.05, 4.69) is 11.8 Å². The molecule has 0 saturated carbocycles. The van der Waals surface area contributed by atoms with Crippen LogP contribution >= 0.6 is 11.3 Å². The topological polar surface area (TPSA) is 56.7 Å². The van der Waals surface area contributed by atoms with Crippen LogP contribution in [0, 0.1) is 5.92 Å². The molecule has 0 radical (unpaired) electrons. The van der Waals surface area contributed by atoms with E-state index in [1.54, 1.807) is 7.11 Å². The summed E-state index contributed by atoms with van der Waals surface area (Å²) in [4.78, 5) is 14.7. The highest BCUT2D eigenvalue weighted by atomic mass is 32.1. The average Bonchev–Trinajstić information content (AvgIpc) is 3.12.